The quantitative estimate of drug-likeness (QED) is 0.546. The maximum atomic E-state index is 13.2. The Kier molecular flexibility index (Phi) is 7.79. The van der Waals surface area contributed by atoms with Crippen molar-refractivity contribution in [1.29, 1.82) is 0 Å². The normalized spacial score (nSPS) is 14.9. The van der Waals surface area contributed by atoms with Crippen molar-refractivity contribution < 1.29 is 32.2 Å². The summed E-state index contributed by atoms with van der Waals surface area (Å²) in [6, 6.07) is 3.92. The molecule has 1 unspecified atom stereocenters. The van der Waals surface area contributed by atoms with Crippen molar-refractivity contribution in [3.05, 3.63) is 29.6 Å². The zero-order valence-electron chi connectivity index (χ0n) is 19.1. The van der Waals surface area contributed by atoms with E-state index in [1.54, 1.807) is 46.1 Å². The first-order valence-corrected chi connectivity index (χ1v) is 10.1. The molecule has 4 N–H and O–H groups in total. The molecule has 180 valence electrons. The highest BCUT2D eigenvalue weighted by atomic mass is 19.4. The van der Waals surface area contributed by atoms with Crippen LogP contribution in [-0.4, -0.2) is 53.8 Å². The van der Waals surface area contributed by atoms with E-state index in [1.807, 2.05) is 0 Å². The van der Waals surface area contributed by atoms with Gasteiger partial charge >= 0.3 is 12.3 Å². The number of nitrogens with zero attached hydrogens (tertiary/aromatic N) is 1. The molecule has 2 aromatic rings. The summed E-state index contributed by atoms with van der Waals surface area (Å²) < 4.78 is 55.2. The Morgan fingerprint density at radius 2 is 1.84 bits per heavy atom. The molecule has 0 radical (unpaired) electrons. The average Bonchev–Trinajstić information content (AvgIpc) is 3.06. The number of aromatic nitrogens is 2. The van der Waals surface area contributed by atoms with E-state index >= 15 is 0 Å². The van der Waals surface area contributed by atoms with E-state index in [0.717, 1.165) is 19.4 Å². The molecule has 1 heterocycles. The second kappa shape index (κ2) is 9.63. The fourth-order valence-corrected chi connectivity index (χ4v) is 2.73. The number of imidazole rings is 1. The first-order valence-electron chi connectivity index (χ1n) is 10.1. The summed E-state index contributed by atoms with van der Waals surface area (Å²) in [5.74, 6) is 0.223. The molecule has 0 saturated carbocycles. The minimum absolute atomic E-state index is 0.223. The molecule has 8 nitrogen and oxygen atoms in total. The SMILES string of the molecule is COCC(N)c1ccc2nc([C@H](COC(C)(C)C(F)(F)F)NC(=O)OC(C)(C)C)[nH]c2c1. The lowest BCUT2D eigenvalue weighted by molar-refractivity contribution is -0.265. The number of fused-ring (bicyclic) bond motifs is 1. The van der Waals surface area contributed by atoms with Crippen LogP contribution < -0.4 is 11.1 Å². The lowest BCUT2D eigenvalue weighted by atomic mass is 10.1. The number of H-pyrrole nitrogens is 1. The zero-order chi connectivity index (χ0) is 24.3. The Morgan fingerprint density at radius 1 is 1.19 bits per heavy atom. The van der Waals surface area contributed by atoms with E-state index in [-0.39, 0.29) is 11.9 Å². The number of hydrogen-bond donors (Lipinski definition) is 3. The van der Waals surface area contributed by atoms with Crippen LogP contribution in [0.2, 0.25) is 0 Å². The van der Waals surface area contributed by atoms with Gasteiger partial charge in [-0.1, -0.05) is 6.07 Å². The molecular formula is C21H31F3N4O4. The average molecular weight is 460 g/mol. The summed E-state index contributed by atoms with van der Waals surface area (Å²) in [7, 11) is 1.54. The highest BCUT2D eigenvalue weighted by Gasteiger charge is 2.49. The van der Waals surface area contributed by atoms with Gasteiger partial charge in [0.15, 0.2) is 5.60 Å². The number of aromatic amines is 1. The number of alkyl carbamates (subject to hydrolysis) is 1. The Labute approximate surface area is 185 Å². The summed E-state index contributed by atoms with van der Waals surface area (Å²) in [6.07, 6.45) is -5.40. The third kappa shape index (κ3) is 6.81. The number of amides is 1. The number of hydrogen-bond acceptors (Lipinski definition) is 6. The number of rotatable bonds is 8. The molecule has 0 aliphatic heterocycles. The Balaban J connectivity index is 2.32. The van der Waals surface area contributed by atoms with Crippen molar-refractivity contribution in [3.63, 3.8) is 0 Å². The highest BCUT2D eigenvalue weighted by molar-refractivity contribution is 5.76. The van der Waals surface area contributed by atoms with Gasteiger partial charge in [0.05, 0.1) is 30.3 Å². The molecule has 0 spiro atoms. The number of nitrogens with two attached hydrogens (primary N) is 1. The van der Waals surface area contributed by atoms with E-state index < -0.39 is 36.1 Å². The molecule has 0 aliphatic carbocycles. The molecule has 1 aromatic carbocycles. The Bertz CT molecular complexity index is 922. The predicted molar refractivity (Wildman–Crippen MR) is 113 cm³/mol. The van der Waals surface area contributed by atoms with Crippen LogP contribution in [-0.2, 0) is 14.2 Å². The van der Waals surface area contributed by atoms with Crippen molar-refractivity contribution in [1.82, 2.24) is 15.3 Å². The van der Waals surface area contributed by atoms with Gasteiger partial charge in [-0.05, 0) is 52.3 Å². The van der Waals surface area contributed by atoms with Gasteiger partial charge in [0.2, 0.25) is 0 Å². The minimum Gasteiger partial charge on any atom is -0.444 e. The number of halogens is 3. The third-order valence-electron chi connectivity index (χ3n) is 4.61. The summed E-state index contributed by atoms with van der Waals surface area (Å²) in [5, 5.41) is 2.54. The maximum Gasteiger partial charge on any atom is 0.416 e. The first-order chi connectivity index (χ1) is 14.6. The van der Waals surface area contributed by atoms with Crippen LogP contribution >= 0.6 is 0 Å². The van der Waals surface area contributed by atoms with Crippen molar-refractivity contribution in [3.8, 4) is 0 Å². The number of carbonyl (C=O) groups is 1. The summed E-state index contributed by atoms with van der Waals surface area (Å²) >= 11 is 0. The summed E-state index contributed by atoms with van der Waals surface area (Å²) in [6.45, 7) is 6.70. The van der Waals surface area contributed by atoms with Gasteiger partial charge in [0, 0.05) is 7.11 Å². The first kappa shape index (κ1) is 25.9. The van der Waals surface area contributed by atoms with Gasteiger partial charge in [-0.25, -0.2) is 9.78 Å². The third-order valence-corrected chi connectivity index (χ3v) is 4.61. The van der Waals surface area contributed by atoms with Gasteiger partial charge < -0.3 is 30.2 Å². The topological polar surface area (TPSA) is 111 Å². The van der Waals surface area contributed by atoms with E-state index in [2.05, 4.69) is 15.3 Å². The van der Waals surface area contributed by atoms with Gasteiger partial charge in [0.1, 0.15) is 17.5 Å². The highest BCUT2D eigenvalue weighted by Crippen LogP contribution is 2.33. The van der Waals surface area contributed by atoms with Crippen molar-refractivity contribution in [2.24, 2.45) is 5.73 Å². The smallest absolute Gasteiger partial charge is 0.416 e. The van der Waals surface area contributed by atoms with E-state index in [4.69, 9.17) is 19.9 Å². The molecule has 11 heteroatoms. The van der Waals surface area contributed by atoms with Gasteiger partial charge in [-0.2, -0.15) is 13.2 Å². The largest absolute Gasteiger partial charge is 0.444 e. The molecule has 1 aromatic heterocycles. The molecule has 0 bridgehead atoms. The van der Waals surface area contributed by atoms with E-state index in [1.165, 1.54) is 0 Å². The standard InChI is InChI=1S/C21H31F3N4O4/c1-19(2,3)32-18(29)28-16(11-31-20(4,5)21(22,23)24)17-26-14-8-7-12(9-15(14)27-17)13(25)10-30-6/h7-9,13,16H,10-11,25H2,1-6H3,(H,26,27)(H,28,29)/t13?,16-/m0/s1. The van der Waals surface area contributed by atoms with Crippen LogP contribution in [0.1, 0.15) is 58.1 Å². The molecule has 32 heavy (non-hydrogen) atoms. The Hall–Kier alpha value is -2.37. The number of methoxy groups -OCH3 is 1. The second-order valence-corrected chi connectivity index (χ2v) is 8.98. The van der Waals surface area contributed by atoms with Crippen LogP contribution in [0.5, 0.6) is 0 Å². The molecule has 1 amide bonds. The van der Waals surface area contributed by atoms with Crippen molar-refractivity contribution in [2.45, 2.75) is 64.1 Å². The number of ether oxygens (including phenoxy) is 3. The number of nitrogens with one attached hydrogen (secondary N) is 2. The summed E-state index contributed by atoms with van der Waals surface area (Å²) in [4.78, 5) is 19.8. The van der Waals surface area contributed by atoms with E-state index in [9.17, 15) is 18.0 Å². The predicted octanol–water partition coefficient (Wildman–Crippen LogP) is 4.13. The number of benzene rings is 1. The van der Waals surface area contributed by atoms with E-state index in [0.29, 0.717) is 17.6 Å². The lowest BCUT2D eigenvalue weighted by Crippen LogP contribution is -2.45. The van der Waals surface area contributed by atoms with Gasteiger partial charge in [0.25, 0.3) is 0 Å². The van der Waals surface area contributed by atoms with Crippen molar-refractivity contribution in [2.75, 3.05) is 20.3 Å². The monoisotopic (exact) mass is 460 g/mol. The van der Waals surface area contributed by atoms with Crippen LogP contribution in [0.4, 0.5) is 18.0 Å². The van der Waals surface area contributed by atoms with Crippen LogP contribution in [0.3, 0.4) is 0 Å². The molecular weight excluding hydrogens is 429 g/mol. The number of alkyl halides is 3. The molecule has 2 atom stereocenters. The Morgan fingerprint density at radius 3 is 2.41 bits per heavy atom. The molecule has 0 aliphatic rings. The maximum absolute atomic E-state index is 13.2. The molecule has 0 saturated heterocycles. The van der Waals surface area contributed by atoms with Gasteiger partial charge in [-0.15, -0.1) is 0 Å². The fraction of sp³-hybridized carbons (Fsp3) is 0.619. The second-order valence-electron chi connectivity index (χ2n) is 8.98. The zero-order valence-corrected chi connectivity index (χ0v) is 19.1. The lowest BCUT2D eigenvalue weighted by Gasteiger charge is -2.30. The minimum atomic E-state index is -4.59. The van der Waals surface area contributed by atoms with Gasteiger partial charge in [-0.3, -0.25) is 0 Å². The fourth-order valence-electron chi connectivity index (χ4n) is 2.73. The van der Waals surface area contributed by atoms with Crippen LogP contribution in [0.25, 0.3) is 11.0 Å². The number of carbonyl (C=O) groups excluding carboxylic acids is 1. The van der Waals surface area contributed by atoms with Crippen LogP contribution in [0, 0.1) is 0 Å². The van der Waals surface area contributed by atoms with Crippen LogP contribution in [0.15, 0.2) is 18.2 Å². The summed E-state index contributed by atoms with van der Waals surface area (Å²) in [5.41, 5.74) is 4.80. The molecule has 2 rings (SSSR count). The van der Waals surface area contributed by atoms with Crippen molar-refractivity contribution >= 4 is 17.1 Å². The molecule has 0 fully saturated rings.